The third kappa shape index (κ3) is 4.26. The molecule has 0 saturated carbocycles. The standard InChI is InChI=1S/C13H19N3O3/c1-13(2,19-3)8-11(17)15-10-7-5-4-6-9(10)12(14)16-18/h4-7,18H,8H2,1-3H3,(H2,14,16)(H,15,17). The zero-order chi connectivity index (χ0) is 14.5. The molecule has 0 aliphatic rings. The van der Waals surface area contributed by atoms with Crippen molar-refractivity contribution in [3.8, 4) is 0 Å². The Morgan fingerprint density at radius 2 is 2.11 bits per heavy atom. The number of nitrogens with two attached hydrogens (primary N) is 1. The van der Waals surface area contributed by atoms with Crippen LogP contribution in [0.4, 0.5) is 5.69 Å². The van der Waals surface area contributed by atoms with Gasteiger partial charge in [0.1, 0.15) is 0 Å². The van der Waals surface area contributed by atoms with E-state index >= 15 is 0 Å². The van der Waals surface area contributed by atoms with Crippen LogP contribution in [-0.4, -0.2) is 29.7 Å². The maximum Gasteiger partial charge on any atom is 0.227 e. The predicted molar refractivity (Wildman–Crippen MR) is 73.3 cm³/mol. The van der Waals surface area contributed by atoms with Crippen LogP contribution in [0.5, 0.6) is 0 Å². The Morgan fingerprint density at radius 3 is 2.68 bits per heavy atom. The number of anilines is 1. The van der Waals surface area contributed by atoms with Gasteiger partial charge >= 0.3 is 0 Å². The number of hydrogen-bond donors (Lipinski definition) is 3. The van der Waals surface area contributed by atoms with Gasteiger partial charge in [-0.3, -0.25) is 4.79 Å². The van der Waals surface area contributed by atoms with E-state index in [2.05, 4.69) is 10.5 Å². The van der Waals surface area contributed by atoms with Gasteiger partial charge in [-0.05, 0) is 26.0 Å². The van der Waals surface area contributed by atoms with Gasteiger partial charge in [-0.1, -0.05) is 17.3 Å². The summed E-state index contributed by atoms with van der Waals surface area (Å²) in [7, 11) is 1.55. The number of nitrogens with zero attached hydrogens (tertiary/aromatic N) is 1. The number of benzene rings is 1. The lowest BCUT2D eigenvalue weighted by Crippen LogP contribution is -2.30. The minimum atomic E-state index is -0.546. The Hall–Kier alpha value is -2.08. The minimum absolute atomic E-state index is 0.0538. The summed E-state index contributed by atoms with van der Waals surface area (Å²) in [5.41, 5.74) is 5.96. The average Bonchev–Trinajstić information content (AvgIpc) is 2.37. The minimum Gasteiger partial charge on any atom is -0.409 e. The summed E-state index contributed by atoms with van der Waals surface area (Å²) in [5, 5.41) is 14.4. The highest BCUT2D eigenvalue weighted by Crippen LogP contribution is 2.18. The van der Waals surface area contributed by atoms with Crippen molar-refractivity contribution < 1.29 is 14.7 Å². The van der Waals surface area contributed by atoms with E-state index in [-0.39, 0.29) is 18.2 Å². The lowest BCUT2D eigenvalue weighted by Gasteiger charge is -2.22. The van der Waals surface area contributed by atoms with E-state index in [1.165, 1.54) is 0 Å². The number of ether oxygens (including phenoxy) is 1. The molecule has 0 aliphatic heterocycles. The summed E-state index contributed by atoms with van der Waals surface area (Å²) in [4.78, 5) is 11.9. The maximum atomic E-state index is 11.9. The summed E-state index contributed by atoms with van der Waals surface area (Å²) in [6, 6.07) is 6.84. The number of amides is 1. The smallest absolute Gasteiger partial charge is 0.227 e. The van der Waals surface area contributed by atoms with Crippen molar-refractivity contribution in [1.29, 1.82) is 0 Å². The molecule has 0 bridgehead atoms. The molecule has 1 aromatic carbocycles. The Labute approximate surface area is 112 Å². The molecule has 1 aromatic rings. The highest BCUT2D eigenvalue weighted by Gasteiger charge is 2.21. The molecule has 0 fully saturated rings. The number of amidine groups is 1. The van der Waals surface area contributed by atoms with E-state index in [9.17, 15) is 4.79 Å². The van der Waals surface area contributed by atoms with Crippen molar-refractivity contribution in [1.82, 2.24) is 0 Å². The molecule has 6 heteroatoms. The van der Waals surface area contributed by atoms with Gasteiger partial charge in [-0.2, -0.15) is 0 Å². The highest BCUT2D eigenvalue weighted by atomic mass is 16.5. The number of hydrogen-bond acceptors (Lipinski definition) is 4. The molecule has 0 radical (unpaired) electrons. The Kier molecular flexibility index (Phi) is 4.88. The highest BCUT2D eigenvalue weighted by molar-refractivity contribution is 6.05. The topological polar surface area (TPSA) is 96.9 Å². The molecule has 0 atom stereocenters. The number of para-hydroxylation sites is 1. The molecule has 4 N–H and O–H groups in total. The van der Waals surface area contributed by atoms with Gasteiger partial charge in [0.05, 0.1) is 17.7 Å². The quantitative estimate of drug-likeness (QED) is 0.325. The number of methoxy groups -OCH3 is 1. The number of oxime groups is 1. The summed E-state index contributed by atoms with van der Waals surface area (Å²) in [6.07, 6.45) is 0.202. The molecule has 0 spiro atoms. The lowest BCUT2D eigenvalue weighted by atomic mass is 10.0. The van der Waals surface area contributed by atoms with Crippen molar-refractivity contribution in [2.75, 3.05) is 12.4 Å². The molecule has 104 valence electrons. The Bertz CT molecular complexity index is 484. The second-order valence-corrected chi connectivity index (χ2v) is 4.72. The molecule has 1 rings (SSSR count). The van der Waals surface area contributed by atoms with Crippen molar-refractivity contribution >= 4 is 17.4 Å². The molecule has 0 aliphatic carbocycles. The van der Waals surface area contributed by atoms with E-state index in [0.717, 1.165) is 0 Å². The van der Waals surface area contributed by atoms with Crippen LogP contribution in [0.3, 0.4) is 0 Å². The summed E-state index contributed by atoms with van der Waals surface area (Å²) < 4.78 is 5.20. The van der Waals surface area contributed by atoms with E-state index in [1.807, 2.05) is 13.8 Å². The Morgan fingerprint density at radius 1 is 1.47 bits per heavy atom. The number of carbonyl (C=O) groups is 1. The summed E-state index contributed by atoms with van der Waals surface area (Å²) in [6.45, 7) is 3.64. The largest absolute Gasteiger partial charge is 0.409 e. The van der Waals surface area contributed by atoms with Gasteiger partial charge in [0, 0.05) is 12.7 Å². The van der Waals surface area contributed by atoms with Crippen LogP contribution in [0.1, 0.15) is 25.8 Å². The SMILES string of the molecule is COC(C)(C)CC(=O)Nc1ccccc1/C(N)=N/O. The van der Waals surface area contributed by atoms with E-state index < -0.39 is 5.60 Å². The second kappa shape index (κ2) is 6.19. The third-order valence-electron chi connectivity index (χ3n) is 2.72. The van der Waals surface area contributed by atoms with Crippen LogP contribution < -0.4 is 11.1 Å². The second-order valence-electron chi connectivity index (χ2n) is 4.72. The monoisotopic (exact) mass is 265 g/mol. The molecule has 6 nitrogen and oxygen atoms in total. The van der Waals surface area contributed by atoms with Crippen molar-refractivity contribution in [2.45, 2.75) is 25.9 Å². The van der Waals surface area contributed by atoms with Crippen LogP contribution in [0.25, 0.3) is 0 Å². The Balaban J connectivity index is 2.86. The first-order chi connectivity index (χ1) is 8.89. The van der Waals surface area contributed by atoms with Crippen molar-refractivity contribution in [3.63, 3.8) is 0 Å². The van der Waals surface area contributed by atoms with Gasteiger partial charge in [0.25, 0.3) is 0 Å². The summed E-state index contributed by atoms with van der Waals surface area (Å²) >= 11 is 0. The summed E-state index contributed by atoms with van der Waals surface area (Å²) in [5.74, 6) is -0.257. The number of nitrogens with one attached hydrogen (secondary N) is 1. The third-order valence-corrected chi connectivity index (χ3v) is 2.72. The van der Waals surface area contributed by atoms with Crippen molar-refractivity contribution in [2.24, 2.45) is 10.9 Å². The predicted octanol–water partition coefficient (Wildman–Crippen LogP) is 1.53. The van der Waals surface area contributed by atoms with Gasteiger partial charge in [0.15, 0.2) is 5.84 Å². The maximum absolute atomic E-state index is 11.9. The van der Waals surface area contributed by atoms with Crippen LogP contribution >= 0.6 is 0 Å². The zero-order valence-corrected chi connectivity index (χ0v) is 11.3. The van der Waals surface area contributed by atoms with E-state index in [0.29, 0.717) is 11.3 Å². The molecule has 0 aromatic heterocycles. The van der Waals surface area contributed by atoms with Crippen molar-refractivity contribution in [3.05, 3.63) is 29.8 Å². The molecule has 19 heavy (non-hydrogen) atoms. The van der Waals surface area contributed by atoms with Crippen LogP contribution in [0.15, 0.2) is 29.4 Å². The molecular weight excluding hydrogens is 246 g/mol. The molecule has 0 unspecified atom stereocenters. The first-order valence-electron chi connectivity index (χ1n) is 5.81. The van der Waals surface area contributed by atoms with Gasteiger partial charge < -0.3 is 21.0 Å². The van der Waals surface area contributed by atoms with E-state index in [4.69, 9.17) is 15.7 Å². The van der Waals surface area contributed by atoms with Crippen LogP contribution in [-0.2, 0) is 9.53 Å². The fraction of sp³-hybridized carbons (Fsp3) is 0.385. The van der Waals surface area contributed by atoms with E-state index in [1.54, 1.807) is 31.4 Å². The normalized spacial score (nSPS) is 12.3. The number of carbonyl (C=O) groups excluding carboxylic acids is 1. The van der Waals surface area contributed by atoms with Gasteiger partial charge in [-0.25, -0.2) is 0 Å². The van der Waals surface area contributed by atoms with Crippen LogP contribution in [0.2, 0.25) is 0 Å². The van der Waals surface area contributed by atoms with Gasteiger partial charge in [0.2, 0.25) is 5.91 Å². The average molecular weight is 265 g/mol. The fourth-order valence-corrected chi connectivity index (χ4v) is 1.52. The fourth-order valence-electron chi connectivity index (χ4n) is 1.52. The molecular formula is C13H19N3O3. The first kappa shape index (κ1) is 15.0. The van der Waals surface area contributed by atoms with Gasteiger partial charge in [-0.15, -0.1) is 0 Å². The molecule has 0 saturated heterocycles. The zero-order valence-electron chi connectivity index (χ0n) is 11.3. The lowest BCUT2D eigenvalue weighted by molar-refractivity contribution is -0.121. The van der Waals surface area contributed by atoms with Crippen LogP contribution in [0, 0.1) is 0 Å². The first-order valence-corrected chi connectivity index (χ1v) is 5.81. The molecule has 1 amide bonds. The number of rotatable bonds is 5. The molecule has 0 heterocycles.